The molecule has 0 aliphatic rings. The predicted octanol–water partition coefficient (Wildman–Crippen LogP) is 3.34. The fourth-order valence-electron chi connectivity index (χ4n) is 1.84. The lowest BCUT2D eigenvalue weighted by atomic mass is 9.95. The van der Waals surface area contributed by atoms with E-state index in [0.717, 1.165) is 23.3 Å². The summed E-state index contributed by atoms with van der Waals surface area (Å²) in [5.41, 5.74) is 1.75. The number of phenols is 1. The van der Waals surface area contributed by atoms with Crippen molar-refractivity contribution in [3.8, 4) is 11.5 Å². The first-order valence-electron chi connectivity index (χ1n) is 6.23. The van der Waals surface area contributed by atoms with Crippen LogP contribution in [-0.4, -0.2) is 26.1 Å². The third kappa shape index (κ3) is 4.48. The smallest absolute Gasteiger partial charge is 0.188 e. The van der Waals surface area contributed by atoms with Gasteiger partial charge in [0.25, 0.3) is 0 Å². The van der Waals surface area contributed by atoms with Crippen molar-refractivity contribution >= 4 is 0 Å². The molecule has 0 unspecified atom stereocenters. The number of allylic oxidation sites excluding steroid dienone is 1. The molecule has 0 heterocycles. The molecule has 1 aromatic rings. The summed E-state index contributed by atoms with van der Waals surface area (Å²) in [4.78, 5) is 0. The van der Waals surface area contributed by atoms with Gasteiger partial charge in [0, 0.05) is 12.7 Å². The number of hydrogen-bond acceptors (Lipinski definition) is 4. The summed E-state index contributed by atoms with van der Waals surface area (Å²) in [7, 11) is 3.19. The summed E-state index contributed by atoms with van der Waals surface area (Å²) in [5.74, 6) is 1.20. The van der Waals surface area contributed by atoms with Crippen LogP contribution < -0.4 is 4.74 Å². The Labute approximate surface area is 114 Å². The lowest BCUT2D eigenvalue weighted by Gasteiger charge is -2.15. The maximum Gasteiger partial charge on any atom is 0.188 e. The molecule has 4 nitrogen and oxygen atoms in total. The third-order valence-corrected chi connectivity index (χ3v) is 2.91. The Bertz CT molecular complexity index is 426. The van der Waals surface area contributed by atoms with Crippen molar-refractivity contribution in [2.75, 3.05) is 21.0 Å². The minimum Gasteiger partial charge on any atom is -0.508 e. The van der Waals surface area contributed by atoms with Gasteiger partial charge in [0.15, 0.2) is 6.79 Å². The Morgan fingerprint density at radius 2 is 2.05 bits per heavy atom. The van der Waals surface area contributed by atoms with Gasteiger partial charge in [0.05, 0.1) is 13.4 Å². The quantitative estimate of drug-likeness (QED) is 0.607. The van der Waals surface area contributed by atoms with Crippen LogP contribution in [-0.2, 0) is 9.47 Å². The van der Waals surface area contributed by atoms with Crippen molar-refractivity contribution in [3.05, 3.63) is 35.6 Å². The van der Waals surface area contributed by atoms with Gasteiger partial charge in [0.1, 0.15) is 11.5 Å². The molecule has 1 atom stereocenters. The molecule has 106 valence electrons. The summed E-state index contributed by atoms with van der Waals surface area (Å²) in [6.45, 7) is 4.14. The van der Waals surface area contributed by atoms with Crippen LogP contribution in [0.3, 0.4) is 0 Å². The molecule has 0 aromatic heterocycles. The monoisotopic (exact) mass is 266 g/mol. The molecule has 19 heavy (non-hydrogen) atoms. The predicted molar refractivity (Wildman–Crippen MR) is 74.5 cm³/mol. The number of aryl methyl sites for hydroxylation is 1. The van der Waals surface area contributed by atoms with Crippen LogP contribution in [0.25, 0.3) is 0 Å². The molecule has 0 fully saturated rings. The van der Waals surface area contributed by atoms with Gasteiger partial charge in [-0.05, 0) is 43.0 Å². The number of methoxy groups -OCH3 is 2. The van der Waals surface area contributed by atoms with Crippen molar-refractivity contribution in [1.82, 2.24) is 0 Å². The number of rotatable bonds is 7. The summed E-state index contributed by atoms with van der Waals surface area (Å²) in [5, 5.41) is 10.0. The molecule has 0 saturated heterocycles. The van der Waals surface area contributed by atoms with Gasteiger partial charge in [-0.2, -0.15) is 0 Å². The SMILES string of the molecule is CO/C=C/C[C@@H](C)c1cc(OCOC)c(C)cc1O. The molecule has 1 N–H and O–H groups in total. The van der Waals surface area contributed by atoms with E-state index in [1.54, 1.807) is 26.5 Å². The highest BCUT2D eigenvalue weighted by Gasteiger charge is 2.13. The van der Waals surface area contributed by atoms with E-state index < -0.39 is 0 Å². The normalized spacial score (nSPS) is 12.6. The Morgan fingerprint density at radius 1 is 1.32 bits per heavy atom. The average molecular weight is 266 g/mol. The van der Waals surface area contributed by atoms with E-state index >= 15 is 0 Å². The Balaban J connectivity index is 2.89. The number of hydrogen-bond donors (Lipinski definition) is 1. The Kier molecular flexibility index (Phi) is 6.22. The van der Waals surface area contributed by atoms with Gasteiger partial charge in [0.2, 0.25) is 0 Å². The first kappa shape index (κ1) is 15.4. The van der Waals surface area contributed by atoms with E-state index in [1.807, 2.05) is 26.0 Å². The maximum absolute atomic E-state index is 10.0. The first-order valence-corrected chi connectivity index (χ1v) is 6.23. The van der Waals surface area contributed by atoms with E-state index in [1.165, 1.54) is 0 Å². The van der Waals surface area contributed by atoms with Crippen molar-refractivity contribution in [2.45, 2.75) is 26.2 Å². The largest absolute Gasteiger partial charge is 0.508 e. The third-order valence-electron chi connectivity index (χ3n) is 2.91. The summed E-state index contributed by atoms with van der Waals surface area (Å²) in [6, 6.07) is 3.59. The number of aromatic hydroxyl groups is 1. The summed E-state index contributed by atoms with van der Waals surface area (Å²) < 4.78 is 15.2. The van der Waals surface area contributed by atoms with Gasteiger partial charge >= 0.3 is 0 Å². The molecule has 0 spiro atoms. The molecule has 0 amide bonds. The zero-order valence-electron chi connectivity index (χ0n) is 12.0. The molecule has 0 aliphatic carbocycles. The first-order chi connectivity index (χ1) is 9.10. The van der Waals surface area contributed by atoms with Crippen LogP contribution in [0.4, 0.5) is 0 Å². The minimum atomic E-state index is 0.178. The van der Waals surface area contributed by atoms with E-state index in [9.17, 15) is 5.11 Å². The molecule has 1 rings (SSSR count). The zero-order chi connectivity index (χ0) is 14.3. The van der Waals surface area contributed by atoms with Gasteiger partial charge in [-0.1, -0.05) is 6.92 Å². The second-order valence-electron chi connectivity index (χ2n) is 4.47. The highest BCUT2D eigenvalue weighted by Crippen LogP contribution is 2.34. The topological polar surface area (TPSA) is 47.9 Å². The molecule has 1 aromatic carbocycles. The Morgan fingerprint density at radius 3 is 2.68 bits per heavy atom. The number of phenolic OH excluding ortho intramolecular Hbond substituents is 1. The maximum atomic E-state index is 10.0. The highest BCUT2D eigenvalue weighted by atomic mass is 16.7. The fraction of sp³-hybridized carbons (Fsp3) is 0.467. The zero-order valence-corrected chi connectivity index (χ0v) is 12.0. The number of benzene rings is 1. The van der Waals surface area contributed by atoms with Crippen molar-refractivity contribution < 1.29 is 19.3 Å². The van der Waals surface area contributed by atoms with Gasteiger partial charge in [-0.25, -0.2) is 0 Å². The molecule has 0 radical (unpaired) electrons. The average Bonchev–Trinajstić information content (AvgIpc) is 2.38. The lowest BCUT2D eigenvalue weighted by Crippen LogP contribution is -2.02. The van der Waals surface area contributed by atoms with Crippen LogP contribution >= 0.6 is 0 Å². The Hall–Kier alpha value is -1.68. The highest BCUT2D eigenvalue weighted by molar-refractivity contribution is 5.46. The van der Waals surface area contributed by atoms with E-state index in [0.29, 0.717) is 5.75 Å². The van der Waals surface area contributed by atoms with Crippen molar-refractivity contribution in [3.63, 3.8) is 0 Å². The van der Waals surface area contributed by atoms with Crippen LogP contribution in [0, 0.1) is 6.92 Å². The molecular weight excluding hydrogens is 244 g/mol. The van der Waals surface area contributed by atoms with Gasteiger partial charge < -0.3 is 19.3 Å². The fourth-order valence-corrected chi connectivity index (χ4v) is 1.84. The lowest BCUT2D eigenvalue weighted by molar-refractivity contribution is 0.0505. The van der Waals surface area contributed by atoms with E-state index in [2.05, 4.69) is 0 Å². The second-order valence-corrected chi connectivity index (χ2v) is 4.47. The molecule has 0 bridgehead atoms. The van der Waals surface area contributed by atoms with Crippen molar-refractivity contribution in [1.29, 1.82) is 0 Å². The van der Waals surface area contributed by atoms with Gasteiger partial charge in [-0.15, -0.1) is 0 Å². The van der Waals surface area contributed by atoms with Gasteiger partial charge in [-0.3, -0.25) is 0 Å². The second kappa shape index (κ2) is 7.69. The van der Waals surface area contributed by atoms with E-state index in [-0.39, 0.29) is 12.7 Å². The van der Waals surface area contributed by atoms with Crippen molar-refractivity contribution in [2.24, 2.45) is 0 Å². The van der Waals surface area contributed by atoms with Crippen LogP contribution in [0.2, 0.25) is 0 Å². The molecule has 0 aliphatic heterocycles. The number of ether oxygens (including phenoxy) is 3. The minimum absolute atomic E-state index is 0.178. The summed E-state index contributed by atoms with van der Waals surface area (Å²) in [6.07, 6.45) is 4.36. The van der Waals surface area contributed by atoms with E-state index in [4.69, 9.17) is 14.2 Å². The standard InChI is InChI=1S/C15H22O4/c1-11(6-5-7-17-3)13-9-15(19-10-18-4)12(2)8-14(13)16/h5,7-9,11,16H,6,10H2,1-4H3/b7-5+/t11-/m1/s1. The van der Waals surface area contributed by atoms with Crippen LogP contribution in [0.5, 0.6) is 11.5 Å². The molecular formula is C15H22O4. The summed E-state index contributed by atoms with van der Waals surface area (Å²) >= 11 is 0. The molecule has 0 saturated carbocycles. The van der Waals surface area contributed by atoms with Crippen LogP contribution in [0.1, 0.15) is 30.4 Å². The van der Waals surface area contributed by atoms with Crippen LogP contribution in [0.15, 0.2) is 24.5 Å². The molecule has 4 heteroatoms.